The second-order valence-electron chi connectivity index (χ2n) is 3.47. The molecular formula is C16H24. The van der Waals surface area contributed by atoms with Gasteiger partial charge in [-0.25, -0.2) is 0 Å². The quantitative estimate of drug-likeness (QED) is 0.593. The van der Waals surface area contributed by atoms with Gasteiger partial charge in [0.05, 0.1) is 0 Å². The maximum atomic E-state index is 3.60. The summed E-state index contributed by atoms with van der Waals surface area (Å²) in [4.78, 5) is 0. The minimum absolute atomic E-state index is 0. The van der Waals surface area contributed by atoms with Crippen LogP contribution in [0.3, 0.4) is 0 Å². The highest BCUT2D eigenvalue weighted by Crippen LogP contribution is 2.07. The topological polar surface area (TPSA) is 0 Å². The van der Waals surface area contributed by atoms with E-state index in [-0.39, 0.29) is 1.43 Å². The summed E-state index contributed by atoms with van der Waals surface area (Å²) in [5.41, 5.74) is 6.59. The molecule has 0 unspecified atom stereocenters. The third kappa shape index (κ3) is 6.06. The normalized spacial score (nSPS) is 9.25. The van der Waals surface area contributed by atoms with Crippen LogP contribution in [0.15, 0.2) is 48.2 Å². The third-order valence-electron chi connectivity index (χ3n) is 2.11. The molecule has 0 saturated carbocycles. The van der Waals surface area contributed by atoms with Gasteiger partial charge >= 0.3 is 0 Å². The summed E-state index contributed by atoms with van der Waals surface area (Å²) in [6.07, 6.45) is 5.19. The molecule has 0 heteroatoms. The summed E-state index contributed by atoms with van der Waals surface area (Å²) < 4.78 is 0. The van der Waals surface area contributed by atoms with Crippen LogP contribution in [0.25, 0.3) is 6.08 Å². The second kappa shape index (κ2) is 8.76. The fourth-order valence-electron chi connectivity index (χ4n) is 1.12. The molecule has 0 aromatic heterocycles. The maximum absolute atomic E-state index is 3.60. The Labute approximate surface area is 102 Å². The zero-order valence-electron chi connectivity index (χ0n) is 10.9. The van der Waals surface area contributed by atoms with Crippen molar-refractivity contribution in [2.24, 2.45) is 0 Å². The van der Waals surface area contributed by atoms with Crippen molar-refractivity contribution in [1.29, 1.82) is 0 Å². The van der Waals surface area contributed by atoms with Crippen LogP contribution in [0.2, 0.25) is 0 Å². The SMILES string of the molecule is C=C=C(C)C/C=C\c1ccc(C)cc1.CC.[HH]. The molecule has 0 fully saturated rings. The number of rotatable bonds is 3. The number of aryl methyl sites for hydroxylation is 1. The van der Waals surface area contributed by atoms with Crippen LogP contribution in [-0.4, -0.2) is 0 Å². The van der Waals surface area contributed by atoms with Gasteiger partial charge in [0.15, 0.2) is 0 Å². The maximum Gasteiger partial charge on any atom is 0 e. The van der Waals surface area contributed by atoms with Crippen molar-refractivity contribution in [3.8, 4) is 0 Å². The highest BCUT2D eigenvalue weighted by Gasteiger charge is 1.86. The zero-order valence-corrected chi connectivity index (χ0v) is 10.9. The summed E-state index contributed by atoms with van der Waals surface area (Å²) in [6.45, 7) is 11.7. The lowest BCUT2D eigenvalue weighted by molar-refractivity contribution is 1.23. The Bertz CT molecular complexity index is 365. The average molecular weight is 216 g/mol. The van der Waals surface area contributed by atoms with E-state index in [9.17, 15) is 0 Å². The monoisotopic (exact) mass is 216 g/mol. The van der Waals surface area contributed by atoms with Crippen LogP contribution < -0.4 is 0 Å². The minimum atomic E-state index is 0. The molecule has 0 bridgehead atoms. The van der Waals surface area contributed by atoms with Gasteiger partial charge in [-0.05, 0) is 31.4 Å². The first kappa shape index (κ1) is 14.5. The van der Waals surface area contributed by atoms with E-state index in [1.54, 1.807) is 0 Å². The standard InChI is InChI=1S/C14H16.C2H6.H2/c1-4-12(2)6-5-7-14-10-8-13(3)9-11-14;1-2;/h5,7-11H,1,6H2,2-3H3;1-2H3;1H/b7-5-;;. The smallest absolute Gasteiger partial charge is 0 e. The first-order valence-electron chi connectivity index (χ1n) is 5.81. The zero-order chi connectivity index (χ0) is 12.4. The Morgan fingerprint density at radius 1 is 1.31 bits per heavy atom. The van der Waals surface area contributed by atoms with E-state index in [1.165, 1.54) is 16.7 Å². The fourth-order valence-corrected chi connectivity index (χ4v) is 1.12. The Morgan fingerprint density at radius 3 is 2.38 bits per heavy atom. The molecular weight excluding hydrogens is 192 g/mol. The van der Waals surface area contributed by atoms with Crippen molar-refractivity contribution in [3.05, 3.63) is 59.4 Å². The largest absolute Gasteiger partial charge is 0.130 e. The van der Waals surface area contributed by atoms with Gasteiger partial charge in [0.2, 0.25) is 0 Å². The van der Waals surface area contributed by atoms with Crippen molar-refractivity contribution in [2.75, 3.05) is 0 Å². The summed E-state index contributed by atoms with van der Waals surface area (Å²) in [7, 11) is 0. The van der Waals surface area contributed by atoms with Crippen LogP contribution in [0.1, 0.15) is 39.7 Å². The van der Waals surface area contributed by atoms with Gasteiger partial charge < -0.3 is 0 Å². The molecule has 0 radical (unpaired) electrons. The first-order chi connectivity index (χ1) is 7.72. The minimum Gasteiger partial charge on any atom is -0.130 e. The molecule has 1 aromatic carbocycles. The van der Waals surface area contributed by atoms with Crippen LogP contribution in [0.5, 0.6) is 0 Å². The average Bonchev–Trinajstić information content (AvgIpc) is 2.34. The predicted molar refractivity (Wildman–Crippen MR) is 76.6 cm³/mol. The van der Waals surface area contributed by atoms with Crippen LogP contribution in [0, 0.1) is 6.92 Å². The van der Waals surface area contributed by atoms with E-state index >= 15 is 0 Å². The molecule has 0 aliphatic heterocycles. The molecule has 0 nitrogen and oxygen atoms in total. The molecule has 0 aliphatic carbocycles. The molecule has 0 N–H and O–H groups in total. The Hall–Kier alpha value is -1.52. The number of hydrogen-bond donors (Lipinski definition) is 0. The second-order valence-corrected chi connectivity index (χ2v) is 3.47. The predicted octanol–water partition coefficient (Wildman–Crippen LogP) is 5.40. The molecule has 0 amide bonds. The van der Waals surface area contributed by atoms with Crippen molar-refractivity contribution in [3.63, 3.8) is 0 Å². The van der Waals surface area contributed by atoms with Gasteiger partial charge in [-0.3, -0.25) is 0 Å². The molecule has 16 heavy (non-hydrogen) atoms. The van der Waals surface area contributed by atoms with Gasteiger partial charge in [-0.15, -0.1) is 5.73 Å². The van der Waals surface area contributed by atoms with E-state index in [0.717, 1.165) is 6.42 Å². The van der Waals surface area contributed by atoms with Crippen LogP contribution in [0.4, 0.5) is 0 Å². The summed E-state index contributed by atoms with van der Waals surface area (Å²) >= 11 is 0. The van der Waals surface area contributed by atoms with E-state index in [4.69, 9.17) is 0 Å². The summed E-state index contributed by atoms with van der Waals surface area (Å²) in [5.74, 6) is 0. The van der Waals surface area contributed by atoms with Gasteiger partial charge in [0.1, 0.15) is 0 Å². The van der Waals surface area contributed by atoms with E-state index in [1.807, 2.05) is 20.8 Å². The molecule has 0 aliphatic rings. The Morgan fingerprint density at radius 2 is 1.88 bits per heavy atom. The lowest BCUT2D eigenvalue weighted by Gasteiger charge is -1.94. The molecule has 0 heterocycles. The Balaban J connectivity index is 0. The number of benzene rings is 1. The molecule has 88 valence electrons. The third-order valence-corrected chi connectivity index (χ3v) is 2.11. The van der Waals surface area contributed by atoms with Gasteiger partial charge in [-0.2, -0.15) is 0 Å². The fraction of sp³-hybridized carbons (Fsp3) is 0.312. The molecule has 1 rings (SSSR count). The van der Waals surface area contributed by atoms with Crippen molar-refractivity contribution in [2.45, 2.75) is 34.1 Å². The Kier molecular flexibility index (Phi) is 7.93. The number of allylic oxidation sites excluding steroid dienone is 2. The highest BCUT2D eigenvalue weighted by atomic mass is 13.9. The van der Waals surface area contributed by atoms with Gasteiger partial charge in [-0.1, -0.05) is 62.4 Å². The summed E-state index contributed by atoms with van der Waals surface area (Å²) in [6, 6.07) is 8.49. The van der Waals surface area contributed by atoms with E-state index in [2.05, 4.69) is 55.7 Å². The van der Waals surface area contributed by atoms with E-state index in [0.29, 0.717) is 0 Å². The van der Waals surface area contributed by atoms with Crippen molar-refractivity contribution < 1.29 is 1.43 Å². The lowest BCUT2D eigenvalue weighted by Crippen LogP contribution is -1.74. The van der Waals surface area contributed by atoms with Crippen molar-refractivity contribution >= 4 is 6.08 Å². The first-order valence-corrected chi connectivity index (χ1v) is 5.81. The van der Waals surface area contributed by atoms with Crippen LogP contribution in [-0.2, 0) is 0 Å². The van der Waals surface area contributed by atoms with Crippen molar-refractivity contribution in [1.82, 2.24) is 0 Å². The highest BCUT2D eigenvalue weighted by molar-refractivity contribution is 5.49. The van der Waals surface area contributed by atoms with Gasteiger partial charge in [0, 0.05) is 1.43 Å². The lowest BCUT2D eigenvalue weighted by atomic mass is 10.1. The van der Waals surface area contributed by atoms with Gasteiger partial charge in [0.25, 0.3) is 0 Å². The molecule has 0 spiro atoms. The molecule has 1 aromatic rings. The summed E-state index contributed by atoms with van der Waals surface area (Å²) in [5, 5.41) is 0. The van der Waals surface area contributed by atoms with E-state index < -0.39 is 0 Å². The molecule has 0 saturated heterocycles. The number of hydrogen-bond acceptors (Lipinski definition) is 0. The molecule has 0 atom stereocenters. The van der Waals surface area contributed by atoms with Crippen LogP contribution >= 0.6 is 0 Å².